The lowest BCUT2D eigenvalue weighted by Gasteiger charge is -2.39. The normalized spacial score (nSPS) is 19.1. The second-order valence-corrected chi connectivity index (χ2v) is 12.5. The Morgan fingerprint density at radius 3 is 2.19 bits per heavy atom. The fourth-order valence-electron chi connectivity index (χ4n) is 5.06. The number of nitrogens with one attached hydrogen (secondary N) is 2. The number of aromatic nitrogens is 6. The summed E-state index contributed by atoms with van der Waals surface area (Å²) in [5, 5.41) is 25.1. The summed E-state index contributed by atoms with van der Waals surface area (Å²) in [4.78, 5) is 35.0. The first-order valence-corrected chi connectivity index (χ1v) is 15.2. The molecule has 0 unspecified atom stereocenters. The molecule has 1 saturated heterocycles. The average Bonchev–Trinajstić information content (AvgIpc) is 3.73. The third-order valence-electron chi connectivity index (χ3n) is 7.18. The predicted octanol–water partition coefficient (Wildman–Crippen LogP) is 4.06. The average molecular weight is 628 g/mol. The van der Waals surface area contributed by atoms with Gasteiger partial charge in [0.1, 0.15) is 15.8 Å². The van der Waals surface area contributed by atoms with Gasteiger partial charge in [-0.15, -0.1) is 20.4 Å². The van der Waals surface area contributed by atoms with Gasteiger partial charge in [0.15, 0.2) is 0 Å². The second-order valence-electron chi connectivity index (χ2n) is 10.5. The number of hydrogen-bond donors (Lipinski definition) is 2. The van der Waals surface area contributed by atoms with Crippen LogP contribution in [0.25, 0.3) is 0 Å². The first kappa shape index (κ1) is 28.9. The number of carbonyl (C=O) groups excluding carboxylic acids is 2. The summed E-state index contributed by atoms with van der Waals surface area (Å²) in [5.74, 6) is -1.93. The number of rotatable bonds is 10. The molecule has 0 aromatic carbocycles. The molecule has 1 aliphatic carbocycles. The van der Waals surface area contributed by atoms with Gasteiger partial charge in [0.05, 0.1) is 38.7 Å². The lowest BCUT2D eigenvalue weighted by Crippen LogP contribution is -2.56. The van der Waals surface area contributed by atoms with Gasteiger partial charge in [0.25, 0.3) is 5.92 Å². The van der Waals surface area contributed by atoms with Gasteiger partial charge in [0, 0.05) is 24.1 Å². The van der Waals surface area contributed by atoms with Gasteiger partial charge in [-0.05, 0) is 37.0 Å². The van der Waals surface area contributed by atoms with Crippen LogP contribution in [0.15, 0.2) is 36.5 Å². The molecule has 2 aliphatic rings. The van der Waals surface area contributed by atoms with E-state index in [1.165, 1.54) is 34.7 Å². The highest BCUT2D eigenvalue weighted by Gasteiger charge is 2.44. The molecule has 4 aromatic heterocycles. The number of methoxy groups -OCH3 is 1. The molecule has 1 saturated carbocycles. The van der Waals surface area contributed by atoms with Gasteiger partial charge in [-0.2, -0.15) is 0 Å². The Hall–Kier alpha value is -4.18. The van der Waals surface area contributed by atoms with Crippen molar-refractivity contribution in [1.29, 1.82) is 0 Å². The van der Waals surface area contributed by atoms with Crippen LogP contribution < -0.4 is 20.3 Å². The maximum absolute atomic E-state index is 13.2. The maximum Gasteiger partial charge on any atom is 0.282 e. The molecule has 0 radical (unpaired) electrons. The summed E-state index contributed by atoms with van der Waals surface area (Å²) in [6.07, 6.45) is 4.36. The molecule has 43 heavy (non-hydrogen) atoms. The highest BCUT2D eigenvalue weighted by molar-refractivity contribution is 7.15. The third kappa shape index (κ3) is 7.07. The molecule has 2 atom stereocenters. The fourth-order valence-corrected chi connectivity index (χ4v) is 6.87. The molecular weight excluding hydrogens is 600 g/mol. The fraction of sp³-hybridized carbons (Fsp3) is 0.407. The van der Waals surface area contributed by atoms with Crippen LogP contribution in [0.3, 0.4) is 0 Å². The smallest absolute Gasteiger partial charge is 0.282 e. The van der Waals surface area contributed by atoms with Crippen LogP contribution >= 0.6 is 22.7 Å². The summed E-state index contributed by atoms with van der Waals surface area (Å²) in [7, 11) is 1.53. The molecule has 12 nitrogen and oxygen atoms in total. The number of pyridine rings is 2. The molecule has 5 heterocycles. The molecule has 16 heteroatoms. The van der Waals surface area contributed by atoms with Crippen LogP contribution in [0.5, 0.6) is 5.88 Å². The van der Waals surface area contributed by atoms with E-state index >= 15 is 0 Å². The van der Waals surface area contributed by atoms with Crippen molar-refractivity contribution in [2.24, 2.45) is 0 Å². The number of nitrogens with zero attached hydrogens (tertiary/aromatic N) is 7. The lowest BCUT2D eigenvalue weighted by atomic mass is 10.1. The van der Waals surface area contributed by atoms with Crippen molar-refractivity contribution in [2.75, 3.05) is 35.7 Å². The van der Waals surface area contributed by atoms with Crippen molar-refractivity contribution >= 4 is 50.6 Å². The van der Waals surface area contributed by atoms with E-state index in [9.17, 15) is 18.4 Å². The van der Waals surface area contributed by atoms with Gasteiger partial charge < -0.3 is 20.3 Å². The zero-order valence-electron chi connectivity index (χ0n) is 23.0. The van der Waals surface area contributed by atoms with Crippen LogP contribution in [-0.2, 0) is 22.4 Å². The van der Waals surface area contributed by atoms with E-state index in [0.717, 1.165) is 34.8 Å². The van der Waals surface area contributed by atoms with Crippen molar-refractivity contribution in [2.45, 2.75) is 49.9 Å². The zero-order chi connectivity index (χ0) is 30.0. The van der Waals surface area contributed by atoms with E-state index in [2.05, 4.69) is 41.0 Å². The molecule has 6 rings (SSSR count). The SMILES string of the molecule is COc1ccc(CC(=O)Nc2nnc([C@H]3CC[C@H](c4nnc(NC(=O)Cc5cccc(N6CC(F)(F)C6)n5)s4)C3)s2)cn1. The summed E-state index contributed by atoms with van der Waals surface area (Å²) in [6.45, 7) is -0.739. The van der Waals surface area contributed by atoms with Gasteiger partial charge in [-0.1, -0.05) is 34.8 Å². The molecule has 2 N–H and O–H groups in total. The van der Waals surface area contributed by atoms with Crippen molar-refractivity contribution < 1.29 is 23.1 Å². The van der Waals surface area contributed by atoms with Crippen LogP contribution in [0.1, 0.15) is 52.4 Å². The minimum Gasteiger partial charge on any atom is -0.481 e. The van der Waals surface area contributed by atoms with Crippen LogP contribution in [0.2, 0.25) is 0 Å². The van der Waals surface area contributed by atoms with Gasteiger partial charge in [0.2, 0.25) is 28.0 Å². The van der Waals surface area contributed by atoms with Crippen LogP contribution in [0.4, 0.5) is 24.9 Å². The molecule has 224 valence electrons. The lowest BCUT2D eigenvalue weighted by molar-refractivity contribution is -0.116. The number of halogens is 2. The van der Waals surface area contributed by atoms with Crippen LogP contribution in [-0.4, -0.2) is 68.3 Å². The molecule has 2 fully saturated rings. The monoisotopic (exact) mass is 627 g/mol. The van der Waals surface area contributed by atoms with Gasteiger partial charge in [-0.25, -0.2) is 18.7 Å². The van der Waals surface area contributed by atoms with E-state index in [-0.39, 0.29) is 49.6 Å². The number of anilines is 3. The highest BCUT2D eigenvalue weighted by Crippen LogP contribution is 2.45. The Balaban J connectivity index is 0.981. The molecular formula is C27H27F2N9O3S2. The third-order valence-corrected chi connectivity index (χ3v) is 9.18. The van der Waals surface area contributed by atoms with E-state index < -0.39 is 5.92 Å². The van der Waals surface area contributed by atoms with Crippen LogP contribution in [0, 0.1) is 0 Å². The Morgan fingerprint density at radius 1 is 0.953 bits per heavy atom. The first-order chi connectivity index (χ1) is 20.7. The molecule has 0 bridgehead atoms. The molecule has 0 spiro atoms. The number of amides is 2. The quantitative estimate of drug-likeness (QED) is 0.264. The minimum absolute atomic E-state index is 0.00854. The largest absolute Gasteiger partial charge is 0.481 e. The Labute approximate surface area is 252 Å². The Kier molecular flexibility index (Phi) is 8.21. The zero-order valence-corrected chi connectivity index (χ0v) is 24.6. The summed E-state index contributed by atoms with van der Waals surface area (Å²) >= 11 is 2.70. The highest BCUT2D eigenvalue weighted by atomic mass is 32.1. The van der Waals surface area contributed by atoms with Gasteiger partial charge >= 0.3 is 0 Å². The van der Waals surface area contributed by atoms with Crippen molar-refractivity contribution in [3.05, 3.63) is 57.8 Å². The maximum atomic E-state index is 13.2. The number of alkyl halides is 2. The van der Waals surface area contributed by atoms with Crippen molar-refractivity contribution in [3.8, 4) is 5.88 Å². The molecule has 1 aliphatic heterocycles. The minimum atomic E-state index is -2.70. The summed E-state index contributed by atoms with van der Waals surface area (Å²) in [5.41, 5.74) is 1.25. The van der Waals surface area contributed by atoms with Gasteiger partial charge in [-0.3, -0.25) is 9.59 Å². The Morgan fingerprint density at radius 2 is 1.60 bits per heavy atom. The van der Waals surface area contributed by atoms with E-state index in [1.807, 2.05) is 0 Å². The predicted molar refractivity (Wildman–Crippen MR) is 156 cm³/mol. The number of hydrogen-bond acceptors (Lipinski definition) is 12. The Bertz CT molecular complexity index is 1610. The first-order valence-electron chi connectivity index (χ1n) is 13.6. The number of ether oxygens (including phenoxy) is 1. The molecule has 2 amide bonds. The second kappa shape index (κ2) is 12.2. The summed E-state index contributed by atoms with van der Waals surface area (Å²) < 4.78 is 31.4. The van der Waals surface area contributed by atoms with Crippen molar-refractivity contribution in [1.82, 2.24) is 30.4 Å². The van der Waals surface area contributed by atoms with Crippen molar-refractivity contribution in [3.63, 3.8) is 0 Å². The topological polar surface area (TPSA) is 148 Å². The molecule has 4 aromatic rings. The van der Waals surface area contributed by atoms with E-state index in [1.54, 1.807) is 36.5 Å². The van der Waals surface area contributed by atoms with E-state index in [0.29, 0.717) is 27.7 Å². The van der Waals surface area contributed by atoms with E-state index in [4.69, 9.17) is 4.74 Å². The standard InChI is InChI=1S/C27H27F2N9O3S2/c1-41-22-8-5-15(12-30-22)9-20(39)32-25-36-34-23(42-25)16-6-7-17(10-16)24-35-37-26(43-24)33-21(40)11-18-3-2-4-19(31-18)38-13-27(28,29)14-38/h2-5,8,12,16-17H,6-7,9-11,13-14H2,1H3,(H,32,36,39)(H,33,37,40)/t16-,17-/m0/s1. The summed E-state index contributed by atoms with van der Waals surface area (Å²) in [6, 6.07) is 8.54. The number of carbonyl (C=O) groups is 2.